The van der Waals surface area contributed by atoms with Gasteiger partial charge in [0, 0.05) is 24.6 Å². The van der Waals surface area contributed by atoms with E-state index in [1.54, 1.807) is 6.20 Å². The first-order valence-electron chi connectivity index (χ1n) is 5.87. The SMILES string of the molecule is Cc1cc(CNC(=O)c2cncc(F)c2)cnc1C. The minimum absolute atomic E-state index is 0.205. The number of nitrogens with zero attached hydrogens (tertiary/aromatic N) is 2. The molecule has 5 heteroatoms. The zero-order chi connectivity index (χ0) is 13.8. The summed E-state index contributed by atoms with van der Waals surface area (Å²) in [6.07, 6.45) is 4.10. The highest BCUT2D eigenvalue weighted by Gasteiger charge is 2.07. The van der Waals surface area contributed by atoms with Gasteiger partial charge in [0.2, 0.25) is 0 Å². The van der Waals surface area contributed by atoms with E-state index >= 15 is 0 Å². The zero-order valence-corrected chi connectivity index (χ0v) is 10.8. The fourth-order valence-corrected chi connectivity index (χ4v) is 1.62. The summed E-state index contributed by atoms with van der Waals surface area (Å²) in [5.74, 6) is -0.884. The van der Waals surface area contributed by atoms with Gasteiger partial charge >= 0.3 is 0 Å². The summed E-state index contributed by atoms with van der Waals surface area (Å²) >= 11 is 0. The third-order valence-corrected chi connectivity index (χ3v) is 2.82. The monoisotopic (exact) mass is 259 g/mol. The number of amides is 1. The number of aromatic nitrogens is 2. The third-order valence-electron chi connectivity index (χ3n) is 2.82. The van der Waals surface area contributed by atoms with Crippen molar-refractivity contribution < 1.29 is 9.18 Å². The molecule has 1 amide bonds. The summed E-state index contributed by atoms with van der Waals surface area (Å²) in [7, 11) is 0. The lowest BCUT2D eigenvalue weighted by Gasteiger charge is -2.07. The van der Waals surface area contributed by atoms with E-state index in [1.165, 1.54) is 6.20 Å². The Morgan fingerprint density at radius 3 is 2.74 bits per heavy atom. The fourth-order valence-electron chi connectivity index (χ4n) is 1.62. The molecule has 0 fully saturated rings. The number of pyridine rings is 2. The Morgan fingerprint density at radius 2 is 2.05 bits per heavy atom. The number of aryl methyl sites for hydroxylation is 2. The van der Waals surface area contributed by atoms with Crippen LogP contribution in [0.5, 0.6) is 0 Å². The summed E-state index contributed by atoms with van der Waals surface area (Å²) in [5.41, 5.74) is 3.14. The number of carbonyl (C=O) groups excluding carboxylic acids is 1. The van der Waals surface area contributed by atoms with E-state index < -0.39 is 5.82 Å². The van der Waals surface area contributed by atoms with Gasteiger partial charge in [-0.15, -0.1) is 0 Å². The summed E-state index contributed by atoms with van der Waals surface area (Å²) in [6.45, 7) is 4.24. The Labute approximate surface area is 110 Å². The van der Waals surface area contributed by atoms with E-state index in [2.05, 4.69) is 15.3 Å². The first-order valence-corrected chi connectivity index (χ1v) is 5.87. The van der Waals surface area contributed by atoms with Crippen molar-refractivity contribution >= 4 is 5.91 Å². The minimum atomic E-state index is -0.527. The van der Waals surface area contributed by atoms with Crippen LogP contribution in [0, 0.1) is 19.7 Å². The highest BCUT2D eigenvalue weighted by Crippen LogP contribution is 2.07. The molecule has 0 atom stereocenters. The molecule has 0 aliphatic heterocycles. The molecule has 19 heavy (non-hydrogen) atoms. The number of nitrogens with one attached hydrogen (secondary N) is 1. The average Bonchev–Trinajstić information content (AvgIpc) is 2.40. The summed E-state index contributed by atoms with van der Waals surface area (Å²) in [6, 6.07) is 3.12. The fraction of sp³-hybridized carbons (Fsp3) is 0.214. The molecule has 0 aliphatic rings. The standard InChI is InChI=1S/C14H14FN3O/c1-9-3-11(5-17-10(9)2)6-18-14(19)12-4-13(15)8-16-7-12/h3-5,7-8H,6H2,1-2H3,(H,18,19). The maximum atomic E-state index is 12.9. The lowest BCUT2D eigenvalue weighted by molar-refractivity contribution is 0.0950. The topological polar surface area (TPSA) is 54.9 Å². The Bertz CT molecular complexity index is 613. The van der Waals surface area contributed by atoms with Crippen LogP contribution in [-0.4, -0.2) is 15.9 Å². The minimum Gasteiger partial charge on any atom is -0.348 e. The second-order valence-electron chi connectivity index (χ2n) is 4.32. The molecule has 0 unspecified atom stereocenters. The van der Waals surface area contributed by atoms with Gasteiger partial charge in [-0.2, -0.15) is 0 Å². The Kier molecular flexibility index (Phi) is 3.85. The predicted octanol–water partition coefficient (Wildman–Crippen LogP) is 2.16. The van der Waals surface area contributed by atoms with Crippen LogP contribution in [0.2, 0.25) is 0 Å². The quantitative estimate of drug-likeness (QED) is 0.919. The molecule has 0 spiro atoms. The molecule has 0 saturated heterocycles. The molecule has 1 N–H and O–H groups in total. The predicted molar refractivity (Wildman–Crippen MR) is 69.1 cm³/mol. The van der Waals surface area contributed by atoms with Crippen molar-refractivity contribution in [3.05, 3.63) is 58.9 Å². The van der Waals surface area contributed by atoms with E-state index in [1.807, 2.05) is 19.9 Å². The van der Waals surface area contributed by atoms with E-state index in [-0.39, 0.29) is 11.5 Å². The molecular weight excluding hydrogens is 245 g/mol. The van der Waals surface area contributed by atoms with Gasteiger partial charge in [0.25, 0.3) is 5.91 Å². The number of carbonyl (C=O) groups is 1. The van der Waals surface area contributed by atoms with E-state index in [0.717, 1.165) is 29.1 Å². The van der Waals surface area contributed by atoms with E-state index in [0.29, 0.717) is 6.54 Å². The summed E-state index contributed by atoms with van der Waals surface area (Å²) in [5, 5.41) is 2.70. The van der Waals surface area contributed by atoms with Gasteiger partial charge in [-0.1, -0.05) is 6.07 Å². The lowest BCUT2D eigenvalue weighted by Crippen LogP contribution is -2.23. The van der Waals surface area contributed by atoms with Crippen LogP contribution in [0.1, 0.15) is 27.2 Å². The molecule has 2 rings (SSSR count). The van der Waals surface area contributed by atoms with Gasteiger partial charge in [0.1, 0.15) is 5.82 Å². The summed E-state index contributed by atoms with van der Waals surface area (Å²) < 4.78 is 12.9. The molecule has 2 aromatic rings. The van der Waals surface area contributed by atoms with Gasteiger partial charge in [-0.05, 0) is 31.0 Å². The van der Waals surface area contributed by atoms with Crippen molar-refractivity contribution in [3.63, 3.8) is 0 Å². The lowest BCUT2D eigenvalue weighted by atomic mass is 10.1. The molecule has 2 aromatic heterocycles. The van der Waals surface area contributed by atoms with Gasteiger partial charge in [-0.25, -0.2) is 4.39 Å². The average molecular weight is 259 g/mol. The number of hydrogen-bond donors (Lipinski definition) is 1. The second-order valence-corrected chi connectivity index (χ2v) is 4.32. The van der Waals surface area contributed by atoms with E-state index in [4.69, 9.17) is 0 Å². The molecular formula is C14H14FN3O. The highest BCUT2D eigenvalue weighted by atomic mass is 19.1. The number of rotatable bonds is 3. The first-order chi connectivity index (χ1) is 9.06. The van der Waals surface area contributed by atoms with Crippen LogP contribution in [0.25, 0.3) is 0 Å². The van der Waals surface area contributed by atoms with Crippen LogP contribution < -0.4 is 5.32 Å². The zero-order valence-electron chi connectivity index (χ0n) is 10.8. The maximum Gasteiger partial charge on any atom is 0.253 e. The Morgan fingerprint density at radius 1 is 1.26 bits per heavy atom. The van der Waals surface area contributed by atoms with Crippen molar-refractivity contribution in [2.45, 2.75) is 20.4 Å². The Balaban J connectivity index is 2.02. The molecule has 0 aliphatic carbocycles. The normalized spacial score (nSPS) is 10.3. The van der Waals surface area contributed by atoms with Crippen molar-refractivity contribution in [2.24, 2.45) is 0 Å². The molecule has 2 heterocycles. The second kappa shape index (κ2) is 5.56. The molecule has 4 nitrogen and oxygen atoms in total. The molecule has 0 bridgehead atoms. The van der Waals surface area contributed by atoms with Crippen molar-refractivity contribution in [2.75, 3.05) is 0 Å². The van der Waals surface area contributed by atoms with Crippen LogP contribution in [0.15, 0.2) is 30.7 Å². The summed E-state index contributed by atoms with van der Waals surface area (Å²) in [4.78, 5) is 19.6. The van der Waals surface area contributed by atoms with Gasteiger partial charge in [0.05, 0.1) is 11.8 Å². The molecule has 0 saturated carbocycles. The third kappa shape index (κ3) is 3.34. The van der Waals surface area contributed by atoms with Crippen LogP contribution >= 0.6 is 0 Å². The number of halogens is 1. The van der Waals surface area contributed by atoms with Crippen molar-refractivity contribution in [3.8, 4) is 0 Å². The van der Waals surface area contributed by atoms with Gasteiger partial charge in [0.15, 0.2) is 0 Å². The van der Waals surface area contributed by atoms with Crippen LogP contribution in [-0.2, 0) is 6.54 Å². The maximum absolute atomic E-state index is 12.9. The Hall–Kier alpha value is -2.30. The van der Waals surface area contributed by atoms with Gasteiger partial charge < -0.3 is 5.32 Å². The molecule has 0 aromatic carbocycles. The van der Waals surface area contributed by atoms with Crippen LogP contribution in [0.3, 0.4) is 0 Å². The van der Waals surface area contributed by atoms with Crippen molar-refractivity contribution in [1.29, 1.82) is 0 Å². The number of hydrogen-bond acceptors (Lipinski definition) is 3. The van der Waals surface area contributed by atoms with Gasteiger partial charge in [-0.3, -0.25) is 14.8 Å². The van der Waals surface area contributed by atoms with Crippen LogP contribution in [0.4, 0.5) is 4.39 Å². The largest absolute Gasteiger partial charge is 0.348 e. The van der Waals surface area contributed by atoms with Crippen molar-refractivity contribution in [1.82, 2.24) is 15.3 Å². The highest BCUT2D eigenvalue weighted by molar-refractivity contribution is 5.93. The van der Waals surface area contributed by atoms with E-state index in [9.17, 15) is 9.18 Å². The molecule has 98 valence electrons. The first kappa shape index (κ1) is 13.1. The smallest absolute Gasteiger partial charge is 0.253 e. The molecule has 0 radical (unpaired) electrons.